The predicted molar refractivity (Wildman–Crippen MR) is 272 cm³/mol. The Balaban J connectivity index is 0.000000211. The summed E-state index contributed by atoms with van der Waals surface area (Å²) in [5, 5.41) is 21.7. The Kier molecular flexibility index (Phi) is 18.1. The van der Waals surface area contributed by atoms with Crippen LogP contribution in [-0.2, 0) is 52.7 Å². The Morgan fingerprint density at radius 2 is 1.09 bits per heavy atom. The maximum atomic E-state index is 15.2. The molecule has 4 heterocycles. The number of nitrogens with zero attached hydrogens (tertiary/aromatic N) is 3. The molecular weight excluding hydrogens is 1050 g/mol. The second-order valence-corrected chi connectivity index (χ2v) is 19.2. The lowest BCUT2D eigenvalue weighted by atomic mass is 9.94. The standard InChI is InChI=1S/C26H25F3N4O5.C15H14FN3O6.C11H13F2N.2CH4/c1-13-3-6-20(14-4-5-17(27)18(28)10-14)33(13)21(34)12-32-23(35)26(38-25(32)37)8-7-15-9-16(31-24(36)30-2)11-19(29)22(15)26;1-17-13(23)18-8-4-7-2-3-15(11(7)9(16)5-8)12(22)19(6-10(20)21)14(24)25-15;1-7-2-5-11(14-7)8-3-4-9(12)10(13)6-8;;/h4-5,9-11,13,20H,3,6-8,12H2,1-2H3,(H2,30,31,36);4-5H,2-3,6H2,1H3,(H,20,21)(H2,17,18,23);3-4,6-7,11,14H,2,5H2,1H3;2*1H4/t13-,20-,26+;15-;7-,11-;;/m010../s1. The first-order valence-electron chi connectivity index (χ1n) is 24.4. The largest absolute Gasteiger partial charge is 0.480 e. The van der Waals surface area contributed by atoms with Crippen molar-refractivity contribution in [2.24, 2.45) is 0 Å². The summed E-state index contributed by atoms with van der Waals surface area (Å²) in [4.78, 5) is 100. The van der Waals surface area contributed by atoms with Crippen LogP contribution < -0.4 is 26.6 Å². The number of urea groups is 2. The number of carboxylic acid groups (broad SMARTS) is 1. The van der Waals surface area contributed by atoms with Crippen LogP contribution in [0.2, 0.25) is 0 Å². The number of benzene rings is 4. The quantitative estimate of drug-likeness (QED) is 0.0909. The number of carbonyl (C=O) groups excluding carboxylic acids is 7. The van der Waals surface area contributed by atoms with Gasteiger partial charge in [-0.3, -0.25) is 19.2 Å². The SMILES string of the molecule is C.C.CNC(=O)Nc1cc(F)c2c(c1)CC[C@@]21OC(=O)N(CC(=O)N2[C@@H](C)CC[C@H]2c2ccc(F)c(F)c2)C1=O.CNC(=O)Nc1cc(F)c2c(c1)CC[C@@]21OC(=O)N(CC(=O)O)C1=O.C[C@H]1CC[C@@H](c2ccc(F)c(F)c2)N1. The van der Waals surface area contributed by atoms with Gasteiger partial charge >= 0.3 is 30.2 Å². The van der Waals surface area contributed by atoms with E-state index in [9.17, 15) is 60.3 Å². The number of amides is 9. The molecule has 0 aromatic heterocycles. The number of imide groups is 2. The highest BCUT2D eigenvalue weighted by molar-refractivity contribution is 6.07. The van der Waals surface area contributed by atoms with Gasteiger partial charge in [-0.1, -0.05) is 27.0 Å². The molecule has 0 unspecified atom stereocenters. The molecule has 0 saturated carbocycles. The molecule has 9 amide bonds. The highest BCUT2D eigenvalue weighted by atomic mass is 19.2. The lowest BCUT2D eigenvalue weighted by Crippen LogP contribution is -2.46. The Morgan fingerprint density at radius 3 is 1.53 bits per heavy atom. The number of likely N-dealkylation sites (tertiary alicyclic amines) is 1. The van der Waals surface area contributed by atoms with Crippen LogP contribution in [0.5, 0.6) is 0 Å². The van der Waals surface area contributed by atoms with E-state index in [1.165, 1.54) is 49.3 Å². The number of hydrogen-bond donors (Lipinski definition) is 6. The minimum Gasteiger partial charge on any atom is -0.480 e. The summed E-state index contributed by atoms with van der Waals surface area (Å²) in [6.45, 7) is 2.39. The third-order valence-electron chi connectivity index (χ3n) is 14.4. The molecule has 0 radical (unpaired) electrons. The number of fused-ring (bicyclic) bond motifs is 4. The van der Waals surface area contributed by atoms with E-state index >= 15 is 4.39 Å². The molecular formula is C54H60F6N8O11. The van der Waals surface area contributed by atoms with Gasteiger partial charge in [0, 0.05) is 67.6 Å². The number of nitrogens with one attached hydrogen (secondary N) is 5. The smallest absolute Gasteiger partial charge is 0.418 e. The molecule has 424 valence electrons. The average molecular weight is 1110 g/mol. The summed E-state index contributed by atoms with van der Waals surface area (Å²) in [5.74, 6) is -8.93. The van der Waals surface area contributed by atoms with Gasteiger partial charge in [-0.15, -0.1) is 0 Å². The maximum absolute atomic E-state index is 15.2. The fourth-order valence-electron chi connectivity index (χ4n) is 10.8. The molecule has 4 fully saturated rings. The zero-order valence-electron chi connectivity index (χ0n) is 41.8. The zero-order chi connectivity index (χ0) is 55.8. The predicted octanol–water partition coefficient (Wildman–Crippen LogP) is 8.56. The third kappa shape index (κ3) is 11.7. The number of aryl methyl sites for hydroxylation is 2. The average Bonchev–Trinajstić information content (AvgIpc) is 4.40. The maximum Gasteiger partial charge on any atom is 0.418 e. The van der Waals surface area contributed by atoms with Crippen LogP contribution in [-0.4, -0.2) is 107 Å². The van der Waals surface area contributed by atoms with Crippen LogP contribution in [0.1, 0.15) is 113 Å². The monoisotopic (exact) mass is 1110 g/mol. The highest BCUT2D eigenvalue weighted by Gasteiger charge is 2.61. The summed E-state index contributed by atoms with van der Waals surface area (Å²) in [7, 11) is 2.81. The highest BCUT2D eigenvalue weighted by Crippen LogP contribution is 2.49. The second kappa shape index (κ2) is 23.8. The van der Waals surface area contributed by atoms with Crippen molar-refractivity contribution >= 4 is 59.3 Å². The van der Waals surface area contributed by atoms with Crippen LogP contribution >= 0.6 is 0 Å². The van der Waals surface area contributed by atoms with Gasteiger partial charge in [0.25, 0.3) is 11.8 Å². The van der Waals surface area contributed by atoms with Gasteiger partial charge in [-0.25, -0.2) is 55.3 Å². The van der Waals surface area contributed by atoms with Gasteiger partial charge in [0.1, 0.15) is 24.7 Å². The Bertz CT molecular complexity index is 3110. The minimum atomic E-state index is -1.90. The molecule has 25 heteroatoms. The molecule has 0 bridgehead atoms. The van der Waals surface area contributed by atoms with E-state index in [0.29, 0.717) is 45.4 Å². The van der Waals surface area contributed by atoms with Crippen LogP contribution in [0.25, 0.3) is 0 Å². The Morgan fingerprint density at radius 1 is 0.620 bits per heavy atom. The number of carboxylic acids is 1. The van der Waals surface area contributed by atoms with Gasteiger partial charge in [-0.2, -0.15) is 0 Å². The van der Waals surface area contributed by atoms with Gasteiger partial charge in [0.2, 0.25) is 17.1 Å². The van der Waals surface area contributed by atoms with E-state index < -0.39 is 113 Å². The van der Waals surface area contributed by atoms with Crippen LogP contribution in [0.3, 0.4) is 0 Å². The topological polar surface area (TPSA) is 245 Å². The van der Waals surface area contributed by atoms with Gasteiger partial charge in [0.05, 0.1) is 6.04 Å². The molecule has 4 saturated heterocycles. The molecule has 4 aromatic carbocycles. The number of ether oxygens (including phenoxy) is 2. The van der Waals surface area contributed by atoms with Crippen LogP contribution in [0.15, 0.2) is 60.7 Å². The van der Waals surface area contributed by atoms with E-state index in [-0.39, 0.29) is 75.1 Å². The zero-order valence-corrected chi connectivity index (χ0v) is 41.8. The first kappa shape index (κ1) is 60.0. The number of anilines is 2. The fourth-order valence-corrected chi connectivity index (χ4v) is 10.8. The Hall–Kier alpha value is -8.22. The van der Waals surface area contributed by atoms with Gasteiger partial charge in [0.15, 0.2) is 23.3 Å². The minimum absolute atomic E-state index is 0. The number of carbonyl (C=O) groups is 8. The number of hydrogen-bond acceptors (Lipinski definition) is 11. The van der Waals surface area contributed by atoms with Crippen molar-refractivity contribution in [1.29, 1.82) is 0 Å². The van der Waals surface area contributed by atoms with Crippen LogP contribution in [0, 0.1) is 34.9 Å². The molecule has 2 aliphatic carbocycles. The van der Waals surface area contributed by atoms with Crippen molar-refractivity contribution in [2.75, 3.05) is 37.8 Å². The third-order valence-corrected chi connectivity index (χ3v) is 14.4. The molecule has 4 aliphatic heterocycles. The summed E-state index contributed by atoms with van der Waals surface area (Å²) >= 11 is 0. The number of halogens is 6. The van der Waals surface area contributed by atoms with Crippen molar-refractivity contribution < 1.29 is 79.3 Å². The van der Waals surface area contributed by atoms with Crippen molar-refractivity contribution in [3.8, 4) is 0 Å². The molecule has 4 aromatic rings. The summed E-state index contributed by atoms with van der Waals surface area (Å²) in [6.07, 6.45) is 1.39. The Labute approximate surface area is 450 Å². The molecule has 6 N–H and O–H groups in total. The first-order chi connectivity index (χ1) is 36.5. The molecule has 10 rings (SSSR count). The van der Waals surface area contributed by atoms with E-state index in [1.54, 1.807) is 13.0 Å². The van der Waals surface area contributed by atoms with Crippen molar-refractivity contribution in [1.82, 2.24) is 30.7 Å². The summed E-state index contributed by atoms with van der Waals surface area (Å²) in [6, 6.07) is 11.3. The second-order valence-electron chi connectivity index (χ2n) is 19.2. The molecule has 19 nitrogen and oxygen atoms in total. The van der Waals surface area contributed by atoms with Crippen molar-refractivity contribution in [3.05, 3.63) is 129 Å². The van der Waals surface area contributed by atoms with Crippen LogP contribution in [0.4, 0.5) is 56.9 Å². The normalized spacial score (nSPS) is 23.1. The van der Waals surface area contributed by atoms with Crippen molar-refractivity contribution in [2.45, 2.75) is 115 Å². The number of rotatable bonds is 8. The summed E-state index contributed by atoms with van der Waals surface area (Å²) < 4.78 is 93.3. The van der Waals surface area contributed by atoms with Gasteiger partial charge in [-0.05, 0) is 123 Å². The molecule has 2 spiro atoms. The fraction of sp³-hybridized carbons (Fsp3) is 0.407. The molecule has 6 aliphatic rings. The number of aliphatic carboxylic acids is 1. The van der Waals surface area contributed by atoms with E-state index in [2.05, 4.69) is 33.5 Å². The van der Waals surface area contributed by atoms with E-state index in [1.807, 2.05) is 0 Å². The first-order valence-corrected chi connectivity index (χ1v) is 24.4. The van der Waals surface area contributed by atoms with Gasteiger partial charge < -0.3 is 46.1 Å². The van der Waals surface area contributed by atoms with Crippen molar-refractivity contribution in [3.63, 3.8) is 0 Å². The summed E-state index contributed by atoms with van der Waals surface area (Å²) in [5.41, 5.74) is -1.53. The molecule has 79 heavy (non-hydrogen) atoms. The van der Waals surface area contributed by atoms with E-state index in [0.717, 1.165) is 42.7 Å². The molecule has 6 atom stereocenters. The lowest BCUT2D eigenvalue weighted by Gasteiger charge is -2.30. The van der Waals surface area contributed by atoms with E-state index in [4.69, 9.17) is 14.6 Å². The lowest BCUT2D eigenvalue weighted by molar-refractivity contribution is -0.144.